The molecule has 5 nitrogen and oxygen atoms in total. The molecule has 0 fully saturated rings. The minimum absolute atomic E-state index is 0.237. The van der Waals surface area contributed by atoms with Crippen LogP contribution in [0.2, 0.25) is 5.02 Å². The minimum Gasteiger partial charge on any atom is -0.467 e. The molecule has 0 saturated carbocycles. The molecule has 0 radical (unpaired) electrons. The Morgan fingerprint density at radius 3 is 2.75 bits per heavy atom. The van der Waals surface area contributed by atoms with Crippen LogP contribution in [0.25, 0.3) is 11.0 Å². The van der Waals surface area contributed by atoms with Gasteiger partial charge in [0.05, 0.1) is 18.5 Å². The topological polar surface area (TPSA) is 67.7 Å². The Morgan fingerprint density at radius 1 is 1.11 bits per heavy atom. The number of furan rings is 1. The first-order valence-electron chi connectivity index (χ1n) is 8.74. The van der Waals surface area contributed by atoms with E-state index in [1.54, 1.807) is 42.7 Å². The van der Waals surface area contributed by atoms with E-state index in [1.807, 2.05) is 31.2 Å². The third-order valence-corrected chi connectivity index (χ3v) is 4.53. The molecule has 0 atom stereocenters. The summed E-state index contributed by atoms with van der Waals surface area (Å²) >= 11 is 6.09. The molecule has 0 spiro atoms. The van der Waals surface area contributed by atoms with Crippen molar-refractivity contribution < 1.29 is 13.6 Å². The Balaban J connectivity index is 1.82. The van der Waals surface area contributed by atoms with Crippen LogP contribution in [0.4, 0.5) is 5.69 Å². The van der Waals surface area contributed by atoms with Gasteiger partial charge in [0.1, 0.15) is 16.9 Å². The van der Waals surface area contributed by atoms with Gasteiger partial charge in [-0.25, -0.2) is 4.99 Å². The maximum atomic E-state index is 12.9. The third-order valence-electron chi connectivity index (χ3n) is 4.29. The molecule has 4 rings (SSSR count). The number of rotatable bonds is 4. The van der Waals surface area contributed by atoms with Crippen molar-refractivity contribution in [3.8, 4) is 0 Å². The number of hydrogen-bond donors (Lipinski definition) is 1. The fourth-order valence-corrected chi connectivity index (χ4v) is 3.00. The Morgan fingerprint density at radius 2 is 1.96 bits per heavy atom. The molecule has 2 aromatic carbocycles. The fourth-order valence-electron chi connectivity index (χ4n) is 2.82. The zero-order chi connectivity index (χ0) is 19.5. The van der Waals surface area contributed by atoms with Gasteiger partial charge < -0.3 is 14.2 Å². The van der Waals surface area contributed by atoms with Gasteiger partial charge in [-0.2, -0.15) is 0 Å². The number of hydrogen-bond acceptors (Lipinski definition) is 4. The summed E-state index contributed by atoms with van der Waals surface area (Å²) in [6.07, 6.45) is 1.56. The number of nitrogens with one attached hydrogen (secondary N) is 1. The lowest BCUT2D eigenvalue weighted by molar-refractivity contribution is 0.0944. The van der Waals surface area contributed by atoms with Crippen LogP contribution in [-0.2, 0) is 6.54 Å². The summed E-state index contributed by atoms with van der Waals surface area (Å²) < 4.78 is 11.2. The normalized spacial score (nSPS) is 11.7. The SMILES string of the molecule is Cc1ccccc1N=c1oc2ccc(Cl)cc2cc1C(=O)NCc1ccco1. The van der Waals surface area contributed by atoms with Gasteiger partial charge in [0, 0.05) is 10.4 Å². The van der Waals surface area contributed by atoms with Gasteiger partial charge in [0.2, 0.25) is 5.55 Å². The Bertz CT molecular complexity index is 1210. The second-order valence-corrected chi connectivity index (χ2v) is 6.74. The number of carbonyl (C=O) groups excluding carboxylic acids is 1. The highest BCUT2D eigenvalue weighted by Gasteiger charge is 2.14. The predicted molar refractivity (Wildman–Crippen MR) is 108 cm³/mol. The minimum atomic E-state index is -0.311. The van der Waals surface area contributed by atoms with Crippen molar-refractivity contribution >= 4 is 34.2 Å². The lowest BCUT2D eigenvalue weighted by Crippen LogP contribution is -2.28. The highest BCUT2D eigenvalue weighted by atomic mass is 35.5. The number of benzene rings is 2. The van der Waals surface area contributed by atoms with Crippen LogP contribution < -0.4 is 10.9 Å². The van der Waals surface area contributed by atoms with E-state index in [1.165, 1.54) is 0 Å². The Kier molecular flexibility index (Phi) is 5.00. The number of aryl methyl sites for hydroxylation is 1. The van der Waals surface area contributed by atoms with E-state index >= 15 is 0 Å². The van der Waals surface area contributed by atoms with Crippen LogP contribution in [0.3, 0.4) is 0 Å². The molecule has 4 aromatic rings. The molecular weight excluding hydrogens is 376 g/mol. The van der Waals surface area contributed by atoms with Gasteiger partial charge in [-0.1, -0.05) is 29.8 Å². The molecule has 0 aliphatic rings. The molecule has 0 aliphatic heterocycles. The summed E-state index contributed by atoms with van der Waals surface area (Å²) in [5.74, 6) is 0.348. The zero-order valence-electron chi connectivity index (χ0n) is 15.1. The van der Waals surface area contributed by atoms with Crippen molar-refractivity contribution in [1.29, 1.82) is 0 Å². The van der Waals surface area contributed by atoms with Gasteiger partial charge in [0.15, 0.2) is 0 Å². The first kappa shape index (κ1) is 18.1. The maximum Gasteiger partial charge on any atom is 0.257 e. The molecule has 2 aromatic heterocycles. The number of halogens is 1. The van der Waals surface area contributed by atoms with Crippen LogP contribution in [0.5, 0.6) is 0 Å². The standard InChI is InChI=1S/C22H17ClN2O3/c1-14-5-2-3-7-19(14)25-22-18(21(26)24-13-17-6-4-10-27-17)12-15-11-16(23)8-9-20(15)28-22/h2-12H,13H2,1H3,(H,24,26). The number of amides is 1. The number of para-hydroxylation sites is 1. The van der Waals surface area contributed by atoms with E-state index < -0.39 is 0 Å². The largest absolute Gasteiger partial charge is 0.467 e. The highest BCUT2D eigenvalue weighted by molar-refractivity contribution is 6.31. The number of fused-ring (bicyclic) bond motifs is 1. The van der Waals surface area contributed by atoms with Gasteiger partial charge in [-0.15, -0.1) is 0 Å². The zero-order valence-corrected chi connectivity index (χ0v) is 15.9. The van der Waals surface area contributed by atoms with Gasteiger partial charge in [-0.05, 0) is 55.0 Å². The fraction of sp³-hybridized carbons (Fsp3) is 0.0909. The van der Waals surface area contributed by atoms with Gasteiger partial charge >= 0.3 is 0 Å². The van der Waals surface area contributed by atoms with E-state index in [4.69, 9.17) is 20.4 Å². The van der Waals surface area contributed by atoms with Crippen molar-refractivity contribution in [3.63, 3.8) is 0 Å². The molecule has 140 valence electrons. The molecule has 0 unspecified atom stereocenters. The lowest BCUT2D eigenvalue weighted by Gasteiger charge is -2.07. The molecule has 1 N–H and O–H groups in total. The average Bonchev–Trinajstić information content (AvgIpc) is 3.21. The summed E-state index contributed by atoms with van der Waals surface area (Å²) in [6, 6.07) is 18.2. The van der Waals surface area contributed by atoms with Crippen LogP contribution in [0.1, 0.15) is 21.7 Å². The summed E-state index contributed by atoms with van der Waals surface area (Å²) in [4.78, 5) is 17.5. The summed E-state index contributed by atoms with van der Waals surface area (Å²) in [6.45, 7) is 2.22. The second kappa shape index (κ2) is 7.74. The van der Waals surface area contributed by atoms with E-state index in [0.717, 1.165) is 16.6 Å². The molecule has 1 amide bonds. The quantitative estimate of drug-likeness (QED) is 0.522. The Labute approximate surface area is 166 Å². The number of carbonyl (C=O) groups is 1. The molecule has 2 heterocycles. The average molecular weight is 393 g/mol. The molecule has 0 aliphatic carbocycles. The van der Waals surface area contributed by atoms with E-state index in [2.05, 4.69) is 10.3 Å². The van der Waals surface area contributed by atoms with Crippen LogP contribution in [0.15, 0.2) is 80.8 Å². The first-order valence-corrected chi connectivity index (χ1v) is 9.12. The van der Waals surface area contributed by atoms with Crippen molar-refractivity contribution in [2.45, 2.75) is 13.5 Å². The van der Waals surface area contributed by atoms with Crippen LogP contribution in [-0.4, -0.2) is 5.91 Å². The van der Waals surface area contributed by atoms with Crippen molar-refractivity contribution in [3.05, 3.63) is 94.4 Å². The molecule has 6 heteroatoms. The maximum absolute atomic E-state index is 12.9. The number of nitrogens with zero attached hydrogens (tertiary/aromatic N) is 1. The van der Waals surface area contributed by atoms with Crippen molar-refractivity contribution in [1.82, 2.24) is 5.32 Å². The van der Waals surface area contributed by atoms with E-state index in [0.29, 0.717) is 21.9 Å². The van der Waals surface area contributed by atoms with Crippen molar-refractivity contribution in [2.24, 2.45) is 4.99 Å². The molecule has 0 bridgehead atoms. The van der Waals surface area contributed by atoms with E-state index in [-0.39, 0.29) is 18.0 Å². The first-order chi connectivity index (χ1) is 13.6. The predicted octanol–water partition coefficient (Wildman–Crippen LogP) is 5.15. The van der Waals surface area contributed by atoms with E-state index in [9.17, 15) is 4.79 Å². The summed E-state index contributed by atoms with van der Waals surface area (Å²) in [5.41, 5.74) is 2.88. The second-order valence-electron chi connectivity index (χ2n) is 6.31. The van der Waals surface area contributed by atoms with Crippen LogP contribution >= 0.6 is 11.6 Å². The highest BCUT2D eigenvalue weighted by Crippen LogP contribution is 2.21. The monoisotopic (exact) mass is 392 g/mol. The molecule has 0 saturated heterocycles. The van der Waals surface area contributed by atoms with Gasteiger partial charge in [-0.3, -0.25) is 4.79 Å². The lowest BCUT2D eigenvalue weighted by atomic mass is 10.1. The van der Waals surface area contributed by atoms with Crippen molar-refractivity contribution in [2.75, 3.05) is 0 Å². The third kappa shape index (κ3) is 3.85. The Hall–Kier alpha value is -3.31. The van der Waals surface area contributed by atoms with Crippen LogP contribution in [0, 0.1) is 6.92 Å². The van der Waals surface area contributed by atoms with Gasteiger partial charge in [0.25, 0.3) is 5.91 Å². The molecule has 28 heavy (non-hydrogen) atoms. The smallest absolute Gasteiger partial charge is 0.257 e. The summed E-state index contributed by atoms with van der Waals surface area (Å²) in [7, 11) is 0. The molecular formula is C22H17ClN2O3. The summed E-state index contributed by atoms with van der Waals surface area (Å²) in [5, 5.41) is 4.12.